The van der Waals surface area contributed by atoms with Gasteiger partial charge in [0, 0.05) is 26.6 Å². The van der Waals surface area contributed by atoms with Crippen LogP contribution in [0.4, 0.5) is 0 Å². The molecule has 1 aliphatic rings. The molecule has 0 saturated carbocycles. The number of aryl methyl sites for hydroxylation is 1. The summed E-state index contributed by atoms with van der Waals surface area (Å²) < 4.78 is 16.4. The molecule has 0 bridgehead atoms. The van der Waals surface area contributed by atoms with Gasteiger partial charge in [-0.25, -0.2) is 0 Å². The van der Waals surface area contributed by atoms with Gasteiger partial charge in [0.05, 0.1) is 25.9 Å². The van der Waals surface area contributed by atoms with Gasteiger partial charge in [-0.05, 0) is 37.5 Å². The van der Waals surface area contributed by atoms with Gasteiger partial charge >= 0.3 is 0 Å². The summed E-state index contributed by atoms with van der Waals surface area (Å²) in [5.41, 5.74) is 1.19. The van der Waals surface area contributed by atoms with Crippen LogP contribution in [0.25, 0.3) is 0 Å². The van der Waals surface area contributed by atoms with Gasteiger partial charge in [0.1, 0.15) is 5.75 Å². The van der Waals surface area contributed by atoms with E-state index in [1.165, 1.54) is 5.56 Å². The smallest absolute Gasteiger partial charge is 0.222 e. The summed E-state index contributed by atoms with van der Waals surface area (Å²) in [6.45, 7) is 5.13. The Morgan fingerprint density at radius 3 is 3.04 bits per heavy atom. The van der Waals surface area contributed by atoms with Gasteiger partial charge in [-0.2, -0.15) is 0 Å². The zero-order valence-corrected chi connectivity index (χ0v) is 14.1. The molecule has 1 unspecified atom stereocenters. The van der Waals surface area contributed by atoms with Crippen molar-refractivity contribution >= 4 is 5.91 Å². The molecule has 1 amide bonds. The number of nitrogens with zero attached hydrogens (tertiary/aromatic N) is 1. The van der Waals surface area contributed by atoms with Gasteiger partial charge in [-0.1, -0.05) is 12.1 Å². The number of hydrogen-bond donors (Lipinski definition) is 0. The highest BCUT2D eigenvalue weighted by Gasteiger charge is 2.23. The highest BCUT2D eigenvalue weighted by Crippen LogP contribution is 2.13. The quantitative estimate of drug-likeness (QED) is 0.690. The maximum atomic E-state index is 12.2. The summed E-state index contributed by atoms with van der Waals surface area (Å²) in [5, 5.41) is 0. The fourth-order valence-corrected chi connectivity index (χ4v) is 2.66. The molecule has 128 valence electrons. The lowest BCUT2D eigenvalue weighted by molar-refractivity contribution is -0.140. The molecule has 0 spiro atoms. The van der Waals surface area contributed by atoms with Crippen molar-refractivity contribution in [2.24, 2.45) is 0 Å². The molecule has 1 aromatic rings. The number of unbranched alkanes of at least 4 members (excludes halogenated alkanes) is 1. The maximum absolute atomic E-state index is 12.2. The number of rotatable bonds is 8. The lowest BCUT2D eigenvalue weighted by atomic mass is 10.2. The van der Waals surface area contributed by atoms with Crippen LogP contribution >= 0.6 is 0 Å². The molecule has 23 heavy (non-hydrogen) atoms. The first-order valence-electron chi connectivity index (χ1n) is 8.27. The first kappa shape index (κ1) is 17.8. The SMILES string of the molecule is COCC1CN(C(=O)CCCCOc2cccc(C)c2)CCO1. The standard InChI is InChI=1S/C18H27NO4/c1-15-6-5-7-16(12-15)22-10-4-3-8-18(20)19-9-11-23-17(13-19)14-21-2/h5-7,12,17H,3-4,8-11,13-14H2,1-2H3. The van der Waals surface area contributed by atoms with Crippen molar-refractivity contribution in [2.75, 3.05) is 40.0 Å². The fourth-order valence-electron chi connectivity index (χ4n) is 2.66. The third-order valence-electron chi connectivity index (χ3n) is 3.89. The van der Waals surface area contributed by atoms with E-state index in [-0.39, 0.29) is 12.0 Å². The molecule has 5 nitrogen and oxygen atoms in total. The molecule has 1 aromatic carbocycles. The third kappa shape index (κ3) is 6.20. The van der Waals surface area contributed by atoms with E-state index in [4.69, 9.17) is 14.2 Å². The summed E-state index contributed by atoms with van der Waals surface area (Å²) in [7, 11) is 1.65. The van der Waals surface area contributed by atoms with Crippen LogP contribution in [0.15, 0.2) is 24.3 Å². The molecule has 0 aliphatic carbocycles. The van der Waals surface area contributed by atoms with Crippen LogP contribution in [-0.4, -0.2) is 56.9 Å². The van der Waals surface area contributed by atoms with Gasteiger partial charge in [-0.3, -0.25) is 4.79 Å². The predicted molar refractivity (Wildman–Crippen MR) is 88.7 cm³/mol. The van der Waals surface area contributed by atoms with E-state index in [2.05, 4.69) is 0 Å². The minimum Gasteiger partial charge on any atom is -0.494 e. The second-order valence-electron chi connectivity index (χ2n) is 5.91. The number of carbonyl (C=O) groups excluding carboxylic acids is 1. The van der Waals surface area contributed by atoms with E-state index in [1.807, 2.05) is 36.1 Å². The Bertz CT molecular complexity index is 490. The van der Waals surface area contributed by atoms with Crippen molar-refractivity contribution in [3.8, 4) is 5.75 Å². The Hall–Kier alpha value is -1.59. The van der Waals surface area contributed by atoms with Crippen molar-refractivity contribution in [3.05, 3.63) is 29.8 Å². The second-order valence-corrected chi connectivity index (χ2v) is 5.91. The van der Waals surface area contributed by atoms with E-state index >= 15 is 0 Å². The molecule has 5 heteroatoms. The van der Waals surface area contributed by atoms with Crippen molar-refractivity contribution in [2.45, 2.75) is 32.3 Å². The number of hydrogen-bond acceptors (Lipinski definition) is 4. The molecule has 2 rings (SSSR count). The Balaban J connectivity index is 1.61. The Labute approximate surface area is 138 Å². The zero-order chi connectivity index (χ0) is 16.5. The fraction of sp³-hybridized carbons (Fsp3) is 0.611. The molecule has 0 radical (unpaired) electrons. The molecule has 0 aromatic heterocycles. The predicted octanol–water partition coefficient (Wildman–Crippen LogP) is 2.42. The highest BCUT2D eigenvalue weighted by molar-refractivity contribution is 5.76. The normalized spacial score (nSPS) is 18.0. The minimum atomic E-state index is 0.00218. The average molecular weight is 321 g/mol. The van der Waals surface area contributed by atoms with Gasteiger partial charge in [0.2, 0.25) is 5.91 Å². The number of morpholine rings is 1. The van der Waals surface area contributed by atoms with Gasteiger partial charge in [-0.15, -0.1) is 0 Å². The van der Waals surface area contributed by atoms with Gasteiger partial charge in [0.25, 0.3) is 0 Å². The number of ether oxygens (including phenoxy) is 3. The first-order valence-corrected chi connectivity index (χ1v) is 8.27. The lowest BCUT2D eigenvalue weighted by Gasteiger charge is -2.32. The molecular weight excluding hydrogens is 294 g/mol. The molecule has 1 aliphatic heterocycles. The molecule has 1 saturated heterocycles. The minimum absolute atomic E-state index is 0.00218. The number of benzene rings is 1. The van der Waals surface area contributed by atoms with E-state index in [9.17, 15) is 4.79 Å². The van der Waals surface area contributed by atoms with Gasteiger partial charge in [0.15, 0.2) is 0 Å². The Morgan fingerprint density at radius 2 is 2.26 bits per heavy atom. The van der Waals surface area contributed by atoms with E-state index in [0.717, 1.165) is 18.6 Å². The second kappa shape index (κ2) is 9.53. The molecule has 1 heterocycles. The van der Waals surface area contributed by atoms with Crippen LogP contribution in [0, 0.1) is 6.92 Å². The van der Waals surface area contributed by atoms with Crippen LogP contribution in [0.5, 0.6) is 5.75 Å². The van der Waals surface area contributed by atoms with Crippen LogP contribution in [0.3, 0.4) is 0 Å². The summed E-state index contributed by atoms with van der Waals surface area (Å²) in [4.78, 5) is 14.1. The molecular formula is C18H27NO4. The van der Waals surface area contributed by atoms with Crippen LogP contribution in [-0.2, 0) is 14.3 Å². The van der Waals surface area contributed by atoms with Crippen molar-refractivity contribution in [1.82, 2.24) is 4.90 Å². The first-order chi connectivity index (χ1) is 11.2. The Kier molecular flexibility index (Phi) is 7.36. The monoisotopic (exact) mass is 321 g/mol. The Morgan fingerprint density at radius 1 is 1.39 bits per heavy atom. The van der Waals surface area contributed by atoms with Crippen molar-refractivity contribution in [1.29, 1.82) is 0 Å². The molecule has 1 fully saturated rings. The highest BCUT2D eigenvalue weighted by atomic mass is 16.5. The van der Waals surface area contributed by atoms with E-state index in [1.54, 1.807) is 7.11 Å². The van der Waals surface area contributed by atoms with Crippen LogP contribution in [0.2, 0.25) is 0 Å². The number of amides is 1. The van der Waals surface area contributed by atoms with Gasteiger partial charge < -0.3 is 19.1 Å². The summed E-state index contributed by atoms with van der Waals surface area (Å²) in [6.07, 6.45) is 2.29. The summed E-state index contributed by atoms with van der Waals surface area (Å²) in [6, 6.07) is 8.02. The third-order valence-corrected chi connectivity index (χ3v) is 3.89. The van der Waals surface area contributed by atoms with Crippen LogP contribution in [0.1, 0.15) is 24.8 Å². The van der Waals surface area contributed by atoms with Crippen LogP contribution < -0.4 is 4.74 Å². The van der Waals surface area contributed by atoms with E-state index < -0.39 is 0 Å². The largest absolute Gasteiger partial charge is 0.494 e. The average Bonchev–Trinajstić information content (AvgIpc) is 2.55. The van der Waals surface area contributed by atoms with E-state index in [0.29, 0.717) is 39.3 Å². The number of carbonyl (C=O) groups is 1. The lowest BCUT2D eigenvalue weighted by Crippen LogP contribution is -2.47. The molecule has 1 atom stereocenters. The van der Waals surface area contributed by atoms with Crippen molar-refractivity contribution < 1.29 is 19.0 Å². The van der Waals surface area contributed by atoms with Crippen molar-refractivity contribution in [3.63, 3.8) is 0 Å². The number of methoxy groups -OCH3 is 1. The maximum Gasteiger partial charge on any atom is 0.222 e. The summed E-state index contributed by atoms with van der Waals surface area (Å²) >= 11 is 0. The summed E-state index contributed by atoms with van der Waals surface area (Å²) in [5.74, 6) is 1.09. The zero-order valence-electron chi connectivity index (χ0n) is 14.1. The topological polar surface area (TPSA) is 48.0 Å². The molecule has 0 N–H and O–H groups in total.